The van der Waals surface area contributed by atoms with Gasteiger partial charge in [-0.05, 0) is 48.6 Å². The Morgan fingerprint density at radius 2 is 1.67 bits per heavy atom. The topological polar surface area (TPSA) is 116 Å². The molecule has 2 aromatic heterocycles. The molecule has 4 aromatic rings. The number of aromatic amines is 1. The number of benzene rings is 2. The molecule has 0 saturated heterocycles. The van der Waals surface area contributed by atoms with Crippen molar-refractivity contribution in [2.75, 3.05) is 5.88 Å². The number of aryl methyl sites for hydroxylation is 1. The lowest BCUT2D eigenvalue weighted by Gasteiger charge is -2.20. The van der Waals surface area contributed by atoms with E-state index in [2.05, 4.69) is 4.98 Å². The van der Waals surface area contributed by atoms with E-state index >= 15 is 0 Å². The van der Waals surface area contributed by atoms with Crippen molar-refractivity contribution in [2.45, 2.75) is 19.4 Å². The third-order valence-corrected chi connectivity index (χ3v) is 6.60. The van der Waals surface area contributed by atoms with Crippen LogP contribution in [0, 0.1) is 33.3 Å². The fourth-order valence-electron chi connectivity index (χ4n) is 4.46. The zero-order valence-electron chi connectivity index (χ0n) is 20.4. The minimum absolute atomic E-state index is 0.126. The van der Waals surface area contributed by atoms with Crippen molar-refractivity contribution in [3.63, 3.8) is 0 Å². The summed E-state index contributed by atoms with van der Waals surface area (Å²) in [5.41, 5.74) is 4.47. The molecule has 1 aliphatic heterocycles. The molecule has 0 atom stereocenters. The molecule has 3 heterocycles. The molecule has 0 fully saturated rings. The molecule has 200 valence electrons. The van der Waals surface area contributed by atoms with E-state index in [4.69, 9.17) is 56.4 Å². The Balaban J connectivity index is 0.000000181. The second-order valence-electron chi connectivity index (χ2n) is 8.70. The van der Waals surface area contributed by atoms with Gasteiger partial charge in [0.1, 0.15) is 22.0 Å². The van der Waals surface area contributed by atoms with E-state index in [1.54, 1.807) is 30.3 Å². The Morgan fingerprint density at radius 1 is 0.974 bits per heavy atom. The molecule has 0 saturated carbocycles. The average Bonchev–Trinajstić information content (AvgIpc) is 3.48. The molecule has 0 unspecified atom stereocenters. The van der Waals surface area contributed by atoms with Crippen LogP contribution < -0.4 is 0 Å². The second kappa shape index (κ2) is 12.1. The first-order valence-electron chi connectivity index (χ1n) is 11.8. The summed E-state index contributed by atoms with van der Waals surface area (Å²) in [6, 6.07) is 13.0. The molecule has 11 heteroatoms. The molecule has 0 spiro atoms. The van der Waals surface area contributed by atoms with Gasteiger partial charge in [0.2, 0.25) is 0 Å². The van der Waals surface area contributed by atoms with Gasteiger partial charge in [-0.1, -0.05) is 35.3 Å². The smallest absolute Gasteiger partial charge is 0.132 e. The normalized spacial score (nSPS) is 14.3. The van der Waals surface area contributed by atoms with E-state index in [0.29, 0.717) is 64.1 Å². The average molecular weight is 588 g/mol. The SMILES string of the molecule is N=C(Cl)/C=C(\C(=N)CCCl)c1cc2c(F)cccc2[nH]1.N=C(Cl)/C=C1\C(=N)CCn2c1cc1c(F)cccc12. The van der Waals surface area contributed by atoms with Crippen LogP contribution in [0.1, 0.15) is 24.2 Å². The Kier molecular flexibility index (Phi) is 8.80. The van der Waals surface area contributed by atoms with Crippen molar-refractivity contribution in [3.8, 4) is 0 Å². The zero-order chi connectivity index (χ0) is 28.3. The van der Waals surface area contributed by atoms with Gasteiger partial charge >= 0.3 is 0 Å². The molecule has 5 rings (SSSR count). The standard InChI is InChI=1S/C14H12Cl2FN3.C14H11ClFN3/c15-5-4-11(18)9(7-14(16)19)13-6-8-10(17)2-1-3-12(8)20-13;15-14(18)7-9-11(17)4-5-19-12-3-1-2-10(16)8(12)6-13(9)19/h1-3,6-7,18-20H,4-5H2;1-3,6-7,17-18H,4-5H2/b9-7+,18-11?,19-14?;9-7+,17-11?,18-14?. The van der Waals surface area contributed by atoms with Gasteiger partial charge in [0, 0.05) is 69.8 Å². The lowest BCUT2D eigenvalue weighted by Crippen LogP contribution is -2.17. The van der Waals surface area contributed by atoms with Crippen molar-refractivity contribution in [1.82, 2.24) is 9.55 Å². The van der Waals surface area contributed by atoms with E-state index in [9.17, 15) is 8.78 Å². The predicted molar refractivity (Wildman–Crippen MR) is 159 cm³/mol. The number of halogens is 5. The number of nitrogens with one attached hydrogen (secondary N) is 5. The first kappa shape index (κ1) is 28.4. The van der Waals surface area contributed by atoms with Gasteiger partial charge in [-0.25, -0.2) is 8.78 Å². The summed E-state index contributed by atoms with van der Waals surface area (Å²) in [6.45, 7) is 0.647. The number of H-pyrrole nitrogens is 1. The van der Waals surface area contributed by atoms with Crippen LogP contribution in [0.25, 0.3) is 33.0 Å². The third-order valence-electron chi connectivity index (χ3n) is 6.19. The lowest BCUT2D eigenvalue weighted by atomic mass is 10.0. The molecule has 5 N–H and O–H groups in total. The van der Waals surface area contributed by atoms with E-state index < -0.39 is 0 Å². The van der Waals surface area contributed by atoms with Crippen molar-refractivity contribution in [2.24, 2.45) is 0 Å². The van der Waals surface area contributed by atoms with E-state index in [-0.39, 0.29) is 27.7 Å². The molecule has 2 aromatic carbocycles. The van der Waals surface area contributed by atoms with Crippen molar-refractivity contribution in [1.29, 1.82) is 21.6 Å². The minimum atomic E-state index is -0.339. The Labute approximate surface area is 237 Å². The fraction of sp³-hybridized carbons (Fsp3) is 0.143. The molecule has 39 heavy (non-hydrogen) atoms. The van der Waals surface area contributed by atoms with Crippen LogP contribution in [-0.4, -0.2) is 37.2 Å². The van der Waals surface area contributed by atoms with E-state index in [1.807, 2.05) is 10.6 Å². The number of aromatic nitrogens is 2. The number of hydrogen-bond donors (Lipinski definition) is 5. The number of hydrogen-bond acceptors (Lipinski definition) is 4. The highest BCUT2D eigenvalue weighted by Crippen LogP contribution is 2.32. The monoisotopic (exact) mass is 586 g/mol. The summed E-state index contributed by atoms with van der Waals surface area (Å²) in [5, 5.41) is 31.3. The van der Waals surface area contributed by atoms with Crippen LogP contribution in [0.15, 0.2) is 60.7 Å². The first-order valence-corrected chi connectivity index (χ1v) is 13.1. The molecule has 1 aliphatic rings. The lowest BCUT2D eigenvalue weighted by molar-refractivity contribution is 0.639. The van der Waals surface area contributed by atoms with Gasteiger partial charge in [0.05, 0.1) is 11.2 Å². The maximum Gasteiger partial charge on any atom is 0.132 e. The summed E-state index contributed by atoms with van der Waals surface area (Å²) in [7, 11) is 0. The second-order valence-corrected chi connectivity index (χ2v) is 9.89. The first-order chi connectivity index (χ1) is 18.6. The van der Waals surface area contributed by atoms with Gasteiger partial charge < -0.3 is 20.4 Å². The highest BCUT2D eigenvalue weighted by molar-refractivity contribution is 6.69. The van der Waals surface area contributed by atoms with Crippen LogP contribution in [0.5, 0.6) is 0 Å². The van der Waals surface area contributed by atoms with E-state index in [0.717, 1.165) is 11.2 Å². The number of rotatable bonds is 6. The molecule has 0 bridgehead atoms. The molecular weight excluding hydrogens is 565 g/mol. The maximum absolute atomic E-state index is 13.8. The van der Waals surface area contributed by atoms with E-state index in [1.165, 1.54) is 24.3 Å². The van der Waals surface area contributed by atoms with Crippen LogP contribution in [0.2, 0.25) is 0 Å². The van der Waals surface area contributed by atoms with Crippen LogP contribution in [-0.2, 0) is 6.54 Å². The van der Waals surface area contributed by atoms with Gasteiger partial charge in [-0.2, -0.15) is 0 Å². The van der Waals surface area contributed by atoms with Crippen LogP contribution in [0.4, 0.5) is 8.78 Å². The summed E-state index contributed by atoms with van der Waals surface area (Å²) in [6.07, 6.45) is 3.71. The quantitative estimate of drug-likeness (QED) is 0.110. The summed E-state index contributed by atoms with van der Waals surface area (Å²) >= 11 is 16.8. The van der Waals surface area contributed by atoms with Gasteiger partial charge in [0.25, 0.3) is 0 Å². The number of alkyl halides is 1. The Morgan fingerprint density at radius 3 is 2.31 bits per heavy atom. The van der Waals surface area contributed by atoms with Crippen LogP contribution in [0.3, 0.4) is 0 Å². The maximum atomic E-state index is 13.8. The zero-order valence-corrected chi connectivity index (χ0v) is 22.7. The molecule has 0 radical (unpaired) electrons. The van der Waals surface area contributed by atoms with Crippen molar-refractivity contribution in [3.05, 3.63) is 83.7 Å². The van der Waals surface area contributed by atoms with Gasteiger partial charge in [-0.15, -0.1) is 11.6 Å². The summed E-state index contributed by atoms with van der Waals surface area (Å²) < 4.78 is 29.5. The van der Waals surface area contributed by atoms with Gasteiger partial charge in [0.15, 0.2) is 0 Å². The summed E-state index contributed by atoms with van der Waals surface area (Å²) in [5.74, 6) is -0.319. The number of allylic oxidation sites excluding steroid dienone is 4. The Bertz CT molecular complexity index is 1700. The van der Waals surface area contributed by atoms with Crippen molar-refractivity contribution >= 4 is 89.5 Å². The largest absolute Gasteiger partial charge is 0.354 e. The molecule has 6 nitrogen and oxygen atoms in total. The fourth-order valence-corrected chi connectivity index (χ4v) is 4.87. The van der Waals surface area contributed by atoms with Gasteiger partial charge in [-0.3, -0.25) is 10.8 Å². The summed E-state index contributed by atoms with van der Waals surface area (Å²) in [4.78, 5) is 3.03. The molecule has 0 amide bonds. The van der Waals surface area contributed by atoms with Crippen LogP contribution >= 0.6 is 34.8 Å². The number of fused-ring (bicyclic) bond motifs is 4. The molecule has 0 aliphatic carbocycles. The minimum Gasteiger partial charge on any atom is -0.354 e. The highest BCUT2D eigenvalue weighted by Gasteiger charge is 2.22. The van der Waals surface area contributed by atoms with Crippen molar-refractivity contribution < 1.29 is 8.78 Å². The highest BCUT2D eigenvalue weighted by atomic mass is 35.5. The number of nitrogens with zero attached hydrogens (tertiary/aromatic N) is 1. The molecular formula is C28H23Cl3F2N6. The Hall–Kier alpha value is -3.59. The predicted octanol–water partition coefficient (Wildman–Crippen LogP) is 8.36. The third kappa shape index (κ3) is 6.19.